The number of carboxylic acid groups (broad SMARTS) is 1. The van der Waals surface area contributed by atoms with Crippen molar-refractivity contribution in [3.63, 3.8) is 0 Å². The average molecular weight is 258 g/mol. The summed E-state index contributed by atoms with van der Waals surface area (Å²) in [6.45, 7) is 1.74. The zero-order valence-electron chi connectivity index (χ0n) is 9.02. The maximum absolute atomic E-state index is 10.9. The lowest BCUT2D eigenvalue weighted by Crippen LogP contribution is -2.24. The zero-order valence-corrected chi connectivity index (χ0v) is 10.7. The van der Waals surface area contributed by atoms with Gasteiger partial charge in [0.1, 0.15) is 4.88 Å². The molecule has 1 aliphatic heterocycles. The number of anilines is 1. The van der Waals surface area contributed by atoms with Crippen LogP contribution < -0.4 is 5.32 Å². The summed E-state index contributed by atoms with van der Waals surface area (Å²) in [7, 11) is 0. The van der Waals surface area contributed by atoms with Crippen molar-refractivity contribution in [3.8, 4) is 0 Å². The maximum Gasteiger partial charge on any atom is 0.347 e. The minimum atomic E-state index is -0.887. The van der Waals surface area contributed by atoms with E-state index >= 15 is 0 Å². The van der Waals surface area contributed by atoms with E-state index in [0.29, 0.717) is 16.6 Å². The Balaban J connectivity index is 2.03. The number of hydrogen-bond donors (Lipinski definition) is 2. The molecule has 0 radical (unpaired) electrons. The molecule has 1 fully saturated rings. The van der Waals surface area contributed by atoms with E-state index in [1.54, 1.807) is 6.92 Å². The van der Waals surface area contributed by atoms with Gasteiger partial charge in [-0.1, -0.05) is 11.3 Å². The molecular formula is C10H14N2O2S2. The highest BCUT2D eigenvalue weighted by Crippen LogP contribution is 2.26. The molecule has 88 valence electrons. The summed E-state index contributed by atoms with van der Waals surface area (Å²) < 4.78 is 0. The molecule has 0 unspecified atom stereocenters. The van der Waals surface area contributed by atoms with Gasteiger partial charge in [0.25, 0.3) is 0 Å². The highest BCUT2D eigenvalue weighted by molar-refractivity contribution is 7.99. The van der Waals surface area contributed by atoms with Crippen LogP contribution in [-0.4, -0.2) is 33.6 Å². The Morgan fingerprint density at radius 2 is 2.19 bits per heavy atom. The molecule has 1 saturated heterocycles. The average Bonchev–Trinajstić information content (AvgIpc) is 2.61. The molecule has 0 atom stereocenters. The van der Waals surface area contributed by atoms with Gasteiger partial charge in [0.2, 0.25) is 0 Å². The normalized spacial score (nSPS) is 17.3. The molecule has 2 rings (SSSR count). The molecule has 0 amide bonds. The lowest BCUT2D eigenvalue weighted by Gasteiger charge is -2.21. The van der Waals surface area contributed by atoms with Gasteiger partial charge < -0.3 is 10.4 Å². The van der Waals surface area contributed by atoms with Crippen LogP contribution in [0.4, 0.5) is 5.13 Å². The number of thioether (sulfide) groups is 1. The first-order valence-electron chi connectivity index (χ1n) is 5.22. The summed E-state index contributed by atoms with van der Waals surface area (Å²) in [5.41, 5.74) is 0.602. The molecule has 16 heavy (non-hydrogen) atoms. The third kappa shape index (κ3) is 2.68. The number of aryl methyl sites for hydroxylation is 1. The van der Waals surface area contributed by atoms with Crippen LogP contribution >= 0.6 is 23.1 Å². The summed E-state index contributed by atoms with van der Waals surface area (Å²) in [5.74, 6) is 1.46. The first-order valence-corrected chi connectivity index (χ1v) is 7.19. The van der Waals surface area contributed by atoms with Crippen molar-refractivity contribution in [2.45, 2.75) is 25.8 Å². The van der Waals surface area contributed by atoms with Gasteiger partial charge >= 0.3 is 5.97 Å². The van der Waals surface area contributed by atoms with Crippen LogP contribution in [0.3, 0.4) is 0 Å². The number of hydrogen-bond acceptors (Lipinski definition) is 5. The van der Waals surface area contributed by atoms with Crippen molar-refractivity contribution >= 4 is 34.2 Å². The number of nitrogens with zero attached hydrogens (tertiary/aromatic N) is 1. The topological polar surface area (TPSA) is 62.2 Å². The number of aromatic carboxylic acids is 1. The Kier molecular flexibility index (Phi) is 3.70. The molecule has 0 saturated carbocycles. The molecule has 1 aliphatic rings. The largest absolute Gasteiger partial charge is 0.477 e. The van der Waals surface area contributed by atoms with Crippen molar-refractivity contribution in [1.29, 1.82) is 0 Å². The maximum atomic E-state index is 10.9. The summed E-state index contributed by atoms with van der Waals surface area (Å²) in [6.07, 6.45) is 2.26. The number of carbonyl (C=O) groups is 1. The van der Waals surface area contributed by atoms with Crippen LogP contribution in [0.15, 0.2) is 0 Å². The van der Waals surface area contributed by atoms with E-state index in [-0.39, 0.29) is 0 Å². The van der Waals surface area contributed by atoms with Crippen LogP contribution in [0.1, 0.15) is 28.2 Å². The van der Waals surface area contributed by atoms with E-state index in [1.165, 1.54) is 22.8 Å². The van der Waals surface area contributed by atoms with Gasteiger partial charge in [-0.3, -0.25) is 0 Å². The quantitative estimate of drug-likeness (QED) is 0.872. The highest BCUT2D eigenvalue weighted by atomic mass is 32.2. The van der Waals surface area contributed by atoms with Crippen LogP contribution in [0, 0.1) is 6.92 Å². The first kappa shape index (κ1) is 11.7. The first-order chi connectivity index (χ1) is 7.66. The monoisotopic (exact) mass is 258 g/mol. The predicted molar refractivity (Wildman–Crippen MR) is 67.8 cm³/mol. The second-order valence-electron chi connectivity index (χ2n) is 3.77. The number of aromatic nitrogens is 1. The Labute approximate surface area is 102 Å². The van der Waals surface area contributed by atoms with Crippen molar-refractivity contribution in [2.75, 3.05) is 16.8 Å². The van der Waals surface area contributed by atoms with Crippen molar-refractivity contribution in [1.82, 2.24) is 4.98 Å². The van der Waals surface area contributed by atoms with E-state index < -0.39 is 5.97 Å². The molecule has 2 N–H and O–H groups in total. The van der Waals surface area contributed by atoms with Gasteiger partial charge in [-0.2, -0.15) is 11.8 Å². The van der Waals surface area contributed by atoms with Gasteiger partial charge in [0, 0.05) is 6.04 Å². The lowest BCUT2D eigenvalue weighted by atomic mass is 10.2. The third-order valence-corrected chi connectivity index (χ3v) is 4.67. The van der Waals surface area contributed by atoms with E-state index in [4.69, 9.17) is 5.11 Å². The Morgan fingerprint density at radius 1 is 1.50 bits per heavy atom. The SMILES string of the molecule is Cc1nc(NC2CCSCC2)sc1C(=O)O. The van der Waals surface area contributed by atoms with E-state index in [2.05, 4.69) is 10.3 Å². The van der Waals surface area contributed by atoms with E-state index in [9.17, 15) is 4.79 Å². The predicted octanol–water partition coefficient (Wildman–Crippen LogP) is 2.46. The van der Waals surface area contributed by atoms with Crippen LogP contribution in [0.25, 0.3) is 0 Å². The molecular weight excluding hydrogens is 244 g/mol. The van der Waals surface area contributed by atoms with Crippen LogP contribution in [0.2, 0.25) is 0 Å². The van der Waals surface area contributed by atoms with Gasteiger partial charge in [-0.15, -0.1) is 0 Å². The Bertz CT molecular complexity index is 386. The smallest absolute Gasteiger partial charge is 0.347 e. The zero-order chi connectivity index (χ0) is 11.5. The van der Waals surface area contributed by atoms with Gasteiger partial charge in [0.15, 0.2) is 5.13 Å². The summed E-state index contributed by atoms with van der Waals surface area (Å²) >= 11 is 3.20. The van der Waals surface area contributed by atoms with E-state index in [1.807, 2.05) is 11.8 Å². The third-order valence-electron chi connectivity index (χ3n) is 2.54. The molecule has 0 aromatic carbocycles. The number of carboxylic acids is 1. The molecule has 0 bridgehead atoms. The van der Waals surface area contributed by atoms with Gasteiger partial charge in [-0.05, 0) is 31.3 Å². The molecule has 1 aromatic heterocycles. The van der Waals surface area contributed by atoms with Crippen LogP contribution in [-0.2, 0) is 0 Å². The fourth-order valence-electron chi connectivity index (χ4n) is 1.67. The van der Waals surface area contributed by atoms with Crippen molar-refractivity contribution in [3.05, 3.63) is 10.6 Å². The summed E-state index contributed by atoms with van der Waals surface area (Å²) in [6, 6.07) is 0.452. The van der Waals surface area contributed by atoms with Crippen LogP contribution in [0.5, 0.6) is 0 Å². The molecule has 2 heterocycles. The van der Waals surface area contributed by atoms with Gasteiger partial charge in [0.05, 0.1) is 5.69 Å². The second-order valence-corrected chi connectivity index (χ2v) is 5.99. The minimum Gasteiger partial charge on any atom is -0.477 e. The highest BCUT2D eigenvalue weighted by Gasteiger charge is 2.18. The standard InChI is InChI=1S/C10H14N2O2S2/c1-6-8(9(13)14)16-10(11-6)12-7-2-4-15-5-3-7/h7H,2-5H2,1H3,(H,11,12)(H,13,14). The molecule has 1 aromatic rings. The number of thiazole rings is 1. The Morgan fingerprint density at radius 3 is 2.75 bits per heavy atom. The molecule has 6 heteroatoms. The minimum absolute atomic E-state index is 0.340. The second kappa shape index (κ2) is 5.05. The fourth-order valence-corrected chi connectivity index (χ4v) is 3.66. The summed E-state index contributed by atoms with van der Waals surface area (Å²) in [4.78, 5) is 15.5. The Hall–Kier alpha value is -0.750. The number of nitrogens with one attached hydrogen (secondary N) is 1. The molecule has 4 nitrogen and oxygen atoms in total. The van der Waals surface area contributed by atoms with E-state index in [0.717, 1.165) is 18.0 Å². The number of rotatable bonds is 3. The molecule has 0 spiro atoms. The lowest BCUT2D eigenvalue weighted by molar-refractivity contribution is 0.0701. The van der Waals surface area contributed by atoms with Gasteiger partial charge in [-0.25, -0.2) is 9.78 Å². The molecule has 0 aliphatic carbocycles. The fraction of sp³-hybridized carbons (Fsp3) is 0.600. The van der Waals surface area contributed by atoms with Crippen molar-refractivity contribution in [2.24, 2.45) is 0 Å². The van der Waals surface area contributed by atoms with Crippen molar-refractivity contribution < 1.29 is 9.90 Å². The summed E-state index contributed by atoms with van der Waals surface area (Å²) in [5, 5.41) is 13.0.